The van der Waals surface area contributed by atoms with Crippen LogP contribution in [0.4, 0.5) is 5.69 Å². The van der Waals surface area contributed by atoms with Crippen LogP contribution in [0.1, 0.15) is 5.56 Å². The van der Waals surface area contributed by atoms with E-state index in [0.29, 0.717) is 11.5 Å². The highest BCUT2D eigenvalue weighted by atomic mass is 16.6. The Bertz CT molecular complexity index is 730. The van der Waals surface area contributed by atoms with E-state index >= 15 is 0 Å². The third-order valence-corrected chi connectivity index (χ3v) is 3.18. The number of non-ortho nitro benzene ring substituents is 1. The Kier molecular flexibility index (Phi) is 5.56. The molecule has 2 N–H and O–H groups in total. The van der Waals surface area contributed by atoms with Gasteiger partial charge in [-0.05, 0) is 30.3 Å². The molecule has 0 aliphatic carbocycles. The van der Waals surface area contributed by atoms with Crippen LogP contribution in [-0.2, 0) is 11.3 Å². The minimum atomic E-state index is -0.572. The standard InChI is InChI=1S/C16H16N2O6/c1-23-13-3-5-14(6-4-13)24-10-16(20)17-9-11-8-12(18(21)22)2-7-15(11)19/h2-8,19H,9-10H2,1H3,(H,17,20). The van der Waals surface area contributed by atoms with E-state index in [2.05, 4.69) is 5.32 Å². The number of carbonyl (C=O) groups excluding carboxylic acids is 1. The fourth-order valence-electron chi connectivity index (χ4n) is 1.89. The fraction of sp³-hybridized carbons (Fsp3) is 0.188. The molecule has 24 heavy (non-hydrogen) atoms. The highest BCUT2D eigenvalue weighted by Gasteiger charge is 2.11. The first kappa shape index (κ1) is 17.1. The number of hydrogen-bond donors (Lipinski definition) is 2. The van der Waals surface area contributed by atoms with Crippen molar-refractivity contribution in [1.82, 2.24) is 5.32 Å². The molecule has 0 radical (unpaired) electrons. The average Bonchev–Trinajstić information content (AvgIpc) is 2.59. The summed E-state index contributed by atoms with van der Waals surface area (Å²) < 4.78 is 10.3. The molecule has 8 nitrogen and oxygen atoms in total. The summed E-state index contributed by atoms with van der Waals surface area (Å²) in [6, 6.07) is 10.3. The third-order valence-electron chi connectivity index (χ3n) is 3.18. The fourth-order valence-corrected chi connectivity index (χ4v) is 1.89. The van der Waals surface area contributed by atoms with Crippen LogP contribution in [0, 0.1) is 10.1 Å². The molecule has 126 valence electrons. The summed E-state index contributed by atoms with van der Waals surface area (Å²) in [5.41, 5.74) is 0.0912. The van der Waals surface area contributed by atoms with Crippen LogP contribution in [0.25, 0.3) is 0 Å². The zero-order valence-corrected chi connectivity index (χ0v) is 12.9. The molecule has 0 fully saturated rings. The summed E-state index contributed by atoms with van der Waals surface area (Å²) in [6.07, 6.45) is 0. The van der Waals surface area contributed by atoms with Gasteiger partial charge in [-0.15, -0.1) is 0 Å². The lowest BCUT2D eigenvalue weighted by Crippen LogP contribution is -2.28. The number of benzene rings is 2. The van der Waals surface area contributed by atoms with Crippen LogP contribution >= 0.6 is 0 Å². The number of nitrogens with one attached hydrogen (secondary N) is 1. The SMILES string of the molecule is COc1ccc(OCC(=O)NCc2cc([N+](=O)[O-])ccc2O)cc1. The lowest BCUT2D eigenvalue weighted by atomic mass is 10.2. The van der Waals surface area contributed by atoms with E-state index < -0.39 is 10.8 Å². The first-order valence-electron chi connectivity index (χ1n) is 6.99. The number of phenolic OH excluding ortho intramolecular Hbond substituents is 1. The Morgan fingerprint density at radius 1 is 1.21 bits per heavy atom. The molecule has 0 aliphatic rings. The lowest BCUT2D eigenvalue weighted by Gasteiger charge is -2.09. The number of carbonyl (C=O) groups is 1. The van der Waals surface area contributed by atoms with Crippen LogP contribution < -0.4 is 14.8 Å². The summed E-state index contributed by atoms with van der Waals surface area (Å²) in [5.74, 6) is 0.630. The molecule has 0 heterocycles. The highest BCUT2D eigenvalue weighted by Crippen LogP contribution is 2.22. The van der Waals surface area contributed by atoms with Gasteiger partial charge in [-0.25, -0.2) is 0 Å². The maximum absolute atomic E-state index is 11.8. The Labute approximate surface area is 137 Å². The van der Waals surface area contributed by atoms with Crippen molar-refractivity contribution in [3.8, 4) is 17.2 Å². The summed E-state index contributed by atoms with van der Waals surface area (Å²) in [5, 5.41) is 22.9. The van der Waals surface area contributed by atoms with Gasteiger partial charge in [0.2, 0.25) is 0 Å². The molecule has 1 amide bonds. The molecular formula is C16H16N2O6. The number of nitro groups is 1. The highest BCUT2D eigenvalue weighted by molar-refractivity contribution is 5.77. The maximum Gasteiger partial charge on any atom is 0.270 e. The molecule has 0 aliphatic heterocycles. The largest absolute Gasteiger partial charge is 0.508 e. The van der Waals surface area contributed by atoms with Crippen molar-refractivity contribution in [2.45, 2.75) is 6.54 Å². The molecule has 0 atom stereocenters. The zero-order chi connectivity index (χ0) is 17.5. The van der Waals surface area contributed by atoms with E-state index in [1.807, 2.05) is 0 Å². The molecule has 2 aromatic rings. The number of aromatic hydroxyl groups is 1. The van der Waals surface area contributed by atoms with E-state index in [1.165, 1.54) is 18.2 Å². The van der Waals surface area contributed by atoms with Crippen LogP contribution in [0.3, 0.4) is 0 Å². The molecule has 0 unspecified atom stereocenters. The van der Waals surface area contributed by atoms with Crippen LogP contribution in [0.2, 0.25) is 0 Å². The molecule has 2 rings (SSSR count). The quantitative estimate of drug-likeness (QED) is 0.592. The Morgan fingerprint density at radius 2 is 1.88 bits per heavy atom. The lowest BCUT2D eigenvalue weighted by molar-refractivity contribution is -0.384. The summed E-state index contributed by atoms with van der Waals surface area (Å²) in [7, 11) is 1.55. The molecule has 8 heteroatoms. The number of hydrogen-bond acceptors (Lipinski definition) is 6. The molecule has 0 saturated carbocycles. The number of rotatable bonds is 7. The second-order valence-electron chi connectivity index (χ2n) is 4.81. The Morgan fingerprint density at radius 3 is 2.50 bits per heavy atom. The number of phenols is 1. The number of amides is 1. The van der Waals surface area contributed by atoms with Crippen LogP contribution in [-0.4, -0.2) is 29.7 Å². The van der Waals surface area contributed by atoms with Gasteiger partial charge >= 0.3 is 0 Å². The molecule has 0 bridgehead atoms. The van der Waals surface area contributed by atoms with E-state index in [9.17, 15) is 20.0 Å². The van der Waals surface area contributed by atoms with Gasteiger partial charge in [-0.1, -0.05) is 0 Å². The summed E-state index contributed by atoms with van der Waals surface area (Å²) >= 11 is 0. The van der Waals surface area contributed by atoms with Gasteiger partial charge in [0.15, 0.2) is 6.61 Å². The van der Waals surface area contributed by atoms with E-state index in [0.717, 1.165) is 0 Å². The molecule has 0 spiro atoms. The monoisotopic (exact) mass is 332 g/mol. The van der Waals surface area contributed by atoms with Crippen LogP contribution in [0.15, 0.2) is 42.5 Å². The van der Waals surface area contributed by atoms with Crippen molar-refractivity contribution in [3.63, 3.8) is 0 Å². The molecular weight excluding hydrogens is 316 g/mol. The van der Waals surface area contributed by atoms with Crippen molar-refractivity contribution < 1.29 is 24.3 Å². The number of nitro benzene ring substituents is 1. The summed E-state index contributed by atoms with van der Waals surface area (Å²) in [4.78, 5) is 21.9. The predicted octanol–water partition coefficient (Wildman–Crippen LogP) is 2.00. The minimum Gasteiger partial charge on any atom is -0.508 e. The van der Waals surface area contributed by atoms with Crippen molar-refractivity contribution >= 4 is 11.6 Å². The van der Waals surface area contributed by atoms with Gasteiger partial charge in [-0.3, -0.25) is 14.9 Å². The third kappa shape index (κ3) is 4.60. The van der Waals surface area contributed by atoms with Gasteiger partial charge in [0.25, 0.3) is 11.6 Å². The predicted molar refractivity (Wildman–Crippen MR) is 85.1 cm³/mol. The van der Waals surface area contributed by atoms with Gasteiger partial charge in [0.05, 0.1) is 12.0 Å². The normalized spacial score (nSPS) is 10.0. The maximum atomic E-state index is 11.8. The topological polar surface area (TPSA) is 111 Å². The molecule has 2 aromatic carbocycles. The van der Waals surface area contributed by atoms with Crippen molar-refractivity contribution in [3.05, 3.63) is 58.1 Å². The average molecular weight is 332 g/mol. The van der Waals surface area contributed by atoms with Gasteiger partial charge < -0.3 is 19.9 Å². The summed E-state index contributed by atoms with van der Waals surface area (Å²) in [6.45, 7) is -0.264. The van der Waals surface area contributed by atoms with E-state index in [4.69, 9.17) is 9.47 Å². The Balaban J connectivity index is 1.86. The number of methoxy groups -OCH3 is 1. The van der Waals surface area contributed by atoms with E-state index in [-0.39, 0.29) is 30.2 Å². The van der Waals surface area contributed by atoms with Crippen molar-refractivity contribution in [2.24, 2.45) is 0 Å². The number of ether oxygens (including phenoxy) is 2. The first-order chi connectivity index (χ1) is 11.5. The Hall–Kier alpha value is -3.29. The smallest absolute Gasteiger partial charge is 0.270 e. The van der Waals surface area contributed by atoms with Crippen molar-refractivity contribution in [2.75, 3.05) is 13.7 Å². The zero-order valence-electron chi connectivity index (χ0n) is 12.9. The van der Waals surface area contributed by atoms with E-state index in [1.54, 1.807) is 31.4 Å². The van der Waals surface area contributed by atoms with Gasteiger partial charge in [-0.2, -0.15) is 0 Å². The van der Waals surface area contributed by atoms with Crippen LogP contribution in [0.5, 0.6) is 17.2 Å². The molecule has 0 aromatic heterocycles. The van der Waals surface area contributed by atoms with Gasteiger partial charge in [0.1, 0.15) is 17.2 Å². The number of nitrogens with zero attached hydrogens (tertiary/aromatic N) is 1. The molecule has 0 saturated heterocycles. The van der Waals surface area contributed by atoms with Gasteiger partial charge in [0, 0.05) is 24.2 Å². The second-order valence-corrected chi connectivity index (χ2v) is 4.81. The minimum absolute atomic E-state index is 0.0433. The first-order valence-corrected chi connectivity index (χ1v) is 6.99. The second kappa shape index (κ2) is 7.82. The van der Waals surface area contributed by atoms with Crippen molar-refractivity contribution in [1.29, 1.82) is 0 Å².